The second-order valence-corrected chi connectivity index (χ2v) is 6.37. The molecule has 0 amide bonds. The molecule has 0 saturated carbocycles. The van der Waals surface area contributed by atoms with Gasteiger partial charge in [0.05, 0.1) is 12.7 Å². The minimum atomic E-state index is -0.619. The van der Waals surface area contributed by atoms with Crippen LogP contribution in [0, 0.1) is 11.3 Å². The molecule has 2 heteroatoms. The average Bonchev–Trinajstić information content (AvgIpc) is 2.33. The zero-order valence-electron chi connectivity index (χ0n) is 12.1. The van der Waals surface area contributed by atoms with Crippen LogP contribution in [0.15, 0.2) is 30.3 Å². The Hall–Kier alpha value is -0.860. The van der Waals surface area contributed by atoms with Gasteiger partial charge in [-0.25, -0.2) is 0 Å². The summed E-state index contributed by atoms with van der Waals surface area (Å²) in [6, 6.07) is 10.2. The highest BCUT2D eigenvalue weighted by Gasteiger charge is 2.46. The molecule has 0 unspecified atom stereocenters. The molecule has 18 heavy (non-hydrogen) atoms. The SMILES string of the molecule is CC(C)[C@H]1O[C@@](C)(c2ccccc2)OCC1(C)C. The summed E-state index contributed by atoms with van der Waals surface area (Å²) in [7, 11) is 0. The molecule has 0 bridgehead atoms. The Bertz CT molecular complexity index is 397. The van der Waals surface area contributed by atoms with Crippen molar-refractivity contribution >= 4 is 0 Å². The van der Waals surface area contributed by atoms with Crippen LogP contribution in [0.1, 0.15) is 40.2 Å². The molecule has 1 aromatic carbocycles. The van der Waals surface area contributed by atoms with Crippen molar-refractivity contribution in [3.05, 3.63) is 35.9 Å². The van der Waals surface area contributed by atoms with E-state index in [1.165, 1.54) is 0 Å². The van der Waals surface area contributed by atoms with Crippen molar-refractivity contribution in [3.63, 3.8) is 0 Å². The van der Waals surface area contributed by atoms with Crippen molar-refractivity contribution in [2.45, 2.75) is 46.5 Å². The molecule has 1 aliphatic heterocycles. The van der Waals surface area contributed by atoms with E-state index < -0.39 is 5.79 Å². The van der Waals surface area contributed by atoms with Crippen LogP contribution in [0.3, 0.4) is 0 Å². The predicted molar refractivity (Wildman–Crippen MR) is 73.2 cm³/mol. The van der Waals surface area contributed by atoms with E-state index >= 15 is 0 Å². The quantitative estimate of drug-likeness (QED) is 0.788. The summed E-state index contributed by atoms with van der Waals surface area (Å²) in [5.74, 6) is -0.141. The standard InChI is InChI=1S/C16H24O2/c1-12(2)14-15(3,4)11-17-16(5,18-14)13-9-7-6-8-10-13/h6-10,12,14H,11H2,1-5H3/t14-,16+/m1/s1. The number of hydrogen-bond acceptors (Lipinski definition) is 2. The van der Waals surface area contributed by atoms with Crippen LogP contribution < -0.4 is 0 Å². The Kier molecular flexibility index (Phi) is 3.52. The molecular formula is C16H24O2. The fourth-order valence-corrected chi connectivity index (χ4v) is 2.77. The van der Waals surface area contributed by atoms with Gasteiger partial charge in [0, 0.05) is 11.0 Å². The van der Waals surface area contributed by atoms with Gasteiger partial charge in [0.1, 0.15) is 0 Å². The Morgan fingerprint density at radius 1 is 1.11 bits per heavy atom. The maximum atomic E-state index is 6.31. The van der Waals surface area contributed by atoms with Crippen LogP contribution >= 0.6 is 0 Å². The first-order chi connectivity index (χ1) is 8.35. The van der Waals surface area contributed by atoms with Crippen molar-refractivity contribution in [2.24, 2.45) is 11.3 Å². The highest BCUT2D eigenvalue weighted by molar-refractivity contribution is 5.20. The molecule has 1 fully saturated rings. The summed E-state index contributed by atoms with van der Waals surface area (Å²) in [6.07, 6.45) is 0.205. The van der Waals surface area contributed by atoms with Crippen molar-refractivity contribution in [1.29, 1.82) is 0 Å². The number of benzene rings is 1. The Labute approximate surface area is 110 Å². The molecule has 100 valence electrons. The summed E-state index contributed by atoms with van der Waals surface area (Å²) in [4.78, 5) is 0. The van der Waals surface area contributed by atoms with Gasteiger partial charge in [0.2, 0.25) is 0 Å². The maximum Gasteiger partial charge on any atom is 0.192 e. The molecule has 2 rings (SSSR count). The molecule has 0 N–H and O–H groups in total. The molecule has 0 aromatic heterocycles. The largest absolute Gasteiger partial charge is 0.345 e. The highest BCUT2D eigenvalue weighted by atomic mass is 16.7. The lowest BCUT2D eigenvalue weighted by molar-refractivity contribution is -0.337. The first-order valence-corrected chi connectivity index (χ1v) is 6.72. The summed E-state index contributed by atoms with van der Waals surface area (Å²) in [5, 5.41) is 0. The summed E-state index contributed by atoms with van der Waals surface area (Å²) < 4.78 is 12.3. The highest BCUT2D eigenvalue weighted by Crippen LogP contribution is 2.42. The van der Waals surface area contributed by atoms with Gasteiger partial charge in [0.15, 0.2) is 5.79 Å². The molecule has 0 aliphatic carbocycles. The molecule has 0 spiro atoms. The molecule has 2 atom stereocenters. The molecule has 2 nitrogen and oxygen atoms in total. The number of hydrogen-bond donors (Lipinski definition) is 0. The third-order valence-corrected chi connectivity index (χ3v) is 3.75. The van der Waals surface area contributed by atoms with Crippen molar-refractivity contribution in [2.75, 3.05) is 6.61 Å². The van der Waals surface area contributed by atoms with Gasteiger partial charge in [-0.2, -0.15) is 0 Å². The molecule has 0 radical (unpaired) electrons. The fourth-order valence-electron chi connectivity index (χ4n) is 2.77. The summed E-state index contributed by atoms with van der Waals surface area (Å²) in [5.41, 5.74) is 1.15. The third kappa shape index (κ3) is 2.45. The van der Waals surface area contributed by atoms with Crippen LogP contribution in [0.25, 0.3) is 0 Å². The second kappa shape index (κ2) is 4.67. The van der Waals surface area contributed by atoms with Crippen LogP contribution in [0.5, 0.6) is 0 Å². The van der Waals surface area contributed by atoms with Gasteiger partial charge in [-0.1, -0.05) is 58.0 Å². The van der Waals surface area contributed by atoms with E-state index in [2.05, 4.69) is 39.8 Å². The number of rotatable bonds is 2. The maximum absolute atomic E-state index is 6.31. The van der Waals surface area contributed by atoms with Gasteiger partial charge in [-0.05, 0) is 12.8 Å². The summed E-state index contributed by atoms with van der Waals surface area (Å²) >= 11 is 0. The molecule has 1 aliphatic rings. The first kappa shape index (κ1) is 13.6. The Balaban J connectivity index is 2.27. The lowest BCUT2D eigenvalue weighted by Crippen LogP contribution is -2.52. The normalized spacial score (nSPS) is 31.6. The molecule has 1 aromatic rings. The second-order valence-electron chi connectivity index (χ2n) is 6.37. The van der Waals surface area contributed by atoms with E-state index in [9.17, 15) is 0 Å². The minimum absolute atomic E-state index is 0.0580. The van der Waals surface area contributed by atoms with Crippen molar-refractivity contribution in [3.8, 4) is 0 Å². The summed E-state index contributed by atoms with van der Waals surface area (Å²) in [6.45, 7) is 11.6. The van der Waals surface area contributed by atoms with E-state index in [4.69, 9.17) is 9.47 Å². The van der Waals surface area contributed by atoms with E-state index in [1.807, 2.05) is 25.1 Å². The topological polar surface area (TPSA) is 18.5 Å². The van der Waals surface area contributed by atoms with Crippen LogP contribution in [0.4, 0.5) is 0 Å². The van der Waals surface area contributed by atoms with Crippen LogP contribution in [-0.2, 0) is 15.3 Å². The Morgan fingerprint density at radius 2 is 1.72 bits per heavy atom. The number of ether oxygens (including phenoxy) is 2. The predicted octanol–water partition coefficient (Wildman–Crippen LogP) is 3.96. The fraction of sp³-hybridized carbons (Fsp3) is 0.625. The first-order valence-electron chi connectivity index (χ1n) is 6.72. The Morgan fingerprint density at radius 3 is 2.28 bits per heavy atom. The molecular weight excluding hydrogens is 224 g/mol. The zero-order chi connectivity index (χ0) is 13.4. The van der Waals surface area contributed by atoms with Crippen molar-refractivity contribution in [1.82, 2.24) is 0 Å². The minimum Gasteiger partial charge on any atom is -0.345 e. The van der Waals surface area contributed by atoms with Crippen LogP contribution in [0.2, 0.25) is 0 Å². The smallest absolute Gasteiger partial charge is 0.192 e. The monoisotopic (exact) mass is 248 g/mol. The average molecular weight is 248 g/mol. The molecule has 1 saturated heterocycles. The van der Waals surface area contributed by atoms with Gasteiger partial charge in [0.25, 0.3) is 0 Å². The van der Waals surface area contributed by atoms with Gasteiger partial charge >= 0.3 is 0 Å². The van der Waals surface area contributed by atoms with Gasteiger partial charge in [-0.3, -0.25) is 0 Å². The lowest BCUT2D eigenvalue weighted by Gasteiger charge is -2.49. The zero-order valence-corrected chi connectivity index (χ0v) is 12.1. The van der Waals surface area contributed by atoms with Gasteiger partial charge < -0.3 is 9.47 Å². The third-order valence-electron chi connectivity index (χ3n) is 3.75. The van der Waals surface area contributed by atoms with E-state index in [0.29, 0.717) is 5.92 Å². The van der Waals surface area contributed by atoms with E-state index in [-0.39, 0.29) is 11.5 Å². The van der Waals surface area contributed by atoms with E-state index in [1.54, 1.807) is 0 Å². The molecule has 1 heterocycles. The van der Waals surface area contributed by atoms with Crippen LogP contribution in [-0.4, -0.2) is 12.7 Å². The lowest BCUT2D eigenvalue weighted by atomic mass is 9.80. The van der Waals surface area contributed by atoms with Gasteiger partial charge in [-0.15, -0.1) is 0 Å². The van der Waals surface area contributed by atoms with E-state index in [0.717, 1.165) is 12.2 Å². The van der Waals surface area contributed by atoms with Crippen molar-refractivity contribution < 1.29 is 9.47 Å².